The maximum absolute atomic E-state index is 5.59. The molecule has 1 aromatic rings. The normalized spacial score (nSPS) is 22.8. The number of rotatable bonds is 2. The highest BCUT2D eigenvalue weighted by atomic mass is 15.2. The third-order valence-corrected chi connectivity index (χ3v) is 2.90. The van der Waals surface area contributed by atoms with Gasteiger partial charge >= 0.3 is 0 Å². The topological polar surface area (TPSA) is 42.1 Å². The number of pyridine rings is 1. The standard InChI is InChI=1S/C11H17N3/c1-9-3-2-6-14(9)8-11-5-4-10(12)7-13-11/h4-5,7,9H,2-3,6,8,12H2,1H3. The molecule has 2 N–H and O–H groups in total. The summed E-state index contributed by atoms with van der Waals surface area (Å²) >= 11 is 0. The summed E-state index contributed by atoms with van der Waals surface area (Å²) in [6, 6.07) is 4.64. The van der Waals surface area contributed by atoms with Crippen LogP contribution < -0.4 is 5.73 Å². The quantitative estimate of drug-likeness (QED) is 0.773. The number of hydrogen-bond acceptors (Lipinski definition) is 3. The third-order valence-electron chi connectivity index (χ3n) is 2.90. The second kappa shape index (κ2) is 3.96. The molecule has 0 spiro atoms. The molecule has 0 amide bonds. The number of nitrogen functional groups attached to an aromatic ring is 1. The summed E-state index contributed by atoms with van der Waals surface area (Å²) in [7, 11) is 0. The predicted molar refractivity (Wildman–Crippen MR) is 57.8 cm³/mol. The maximum atomic E-state index is 5.59. The molecule has 1 atom stereocenters. The Hall–Kier alpha value is -1.09. The van der Waals surface area contributed by atoms with Crippen LogP contribution in [0.3, 0.4) is 0 Å². The van der Waals surface area contributed by atoms with Crippen LogP contribution in [0.15, 0.2) is 18.3 Å². The van der Waals surface area contributed by atoms with E-state index in [2.05, 4.69) is 16.8 Å². The average Bonchev–Trinajstić information content (AvgIpc) is 2.56. The van der Waals surface area contributed by atoms with E-state index in [9.17, 15) is 0 Å². The van der Waals surface area contributed by atoms with Gasteiger partial charge in [0, 0.05) is 12.6 Å². The lowest BCUT2D eigenvalue weighted by Gasteiger charge is -2.20. The highest BCUT2D eigenvalue weighted by molar-refractivity contribution is 5.34. The summed E-state index contributed by atoms with van der Waals surface area (Å²) in [6.07, 6.45) is 4.36. The zero-order valence-electron chi connectivity index (χ0n) is 8.61. The van der Waals surface area contributed by atoms with E-state index in [0.717, 1.165) is 17.9 Å². The molecule has 2 rings (SSSR count). The number of aromatic nitrogens is 1. The van der Waals surface area contributed by atoms with Crippen molar-refractivity contribution in [2.24, 2.45) is 0 Å². The first-order valence-electron chi connectivity index (χ1n) is 5.20. The van der Waals surface area contributed by atoms with Crippen molar-refractivity contribution in [1.82, 2.24) is 9.88 Å². The first-order valence-corrected chi connectivity index (χ1v) is 5.20. The van der Waals surface area contributed by atoms with Gasteiger partial charge in [-0.15, -0.1) is 0 Å². The lowest BCUT2D eigenvalue weighted by Crippen LogP contribution is -2.26. The van der Waals surface area contributed by atoms with E-state index in [1.165, 1.54) is 19.4 Å². The maximum Gasteiger partial charge on any atom is 0.0545 e. The Morgan fingerprint density at radius 1 is 1.57 bits per heavy atom. The van der Waals surface area contributed by atoms with Crippen molar-refractivity contribution in [2.45, 2.75) is 32.4 Å². The van der Waals surface area contributed by atoms with Gasteiger partial charge in [0.2, 0.25) is 0 Å². The molecule has 1 aliphatic rings. The molecule has 0 bridgehead atoms. The molecule has 2 heterocycles. The minimum Gasteiger partial charge on any atom is -0.397 e. The van der Waals surface area contributed by atoms with E-state index in [-0.39, 0.29) is 0 Å². The molecule has 0 aliphatic carbocycles. The van der Waals surface area contributed by atoms with Crippen molar-refractivity contribution < 1.29 is 0 Å². The van der Waals surface area contributed by atoms with Crippen molar-refractivity contribution in [3.8, 4) is 0 Å². The van der Waals surface area contributed by atoms with Crippen molar-refractivity contribution in [3.63, 3.8) is 0 Å². The van der Waals surface area contributed by atoms with E-state index in [0.29, 0.717) is 6.04 Å². The molecule has 3 heteroatoms. The second-order valence-corrected chi connectivity index (χ2v) is 4.04. The zero-order chi connectivity index (χ0) is 9.97. The number of hydrogen-bond donors (Lipinski definition) is 1. The van der Waals surface area contributed by atoms with Gasteiger partial charge in [-0.05, 0) is 38.4 Å². The molecule has 1 aromatic heterocycles. The average molecular weight is 191 g/mol. The fourth-order valence-corrected chi connectivity index (χ4v) is 1.97. The van der Waals surface area contributed by atoms with Crippen molar-refractivity contribution in [1.29, 1.82) is 0 Å². The van der Waals surface area contributed by atoms with Crippen LogP contribution in [0, 0.1) is 0 Å². The lowest BCUT2D eigenvalue weighted by molar-refractivity contribution is 0.257. The summed E-state index contributed by atoms with van der Waals surface area (Å²) in [5, 5.41) is 0. The molecule has 0 saturated carbocycles. The van der Waals surface area contributed by atoms with Crippen LogP contribution in [-0.2, 0) is 6.54 Å². The fourth-order valence-electron chi connectivity index (χ4n) is 1.97. The van der Waals surface area contributed by atoms with Crippen LogP contribution >= 0.6 is 0 Å². The number of nitrogens with zero attached hydrogens (tertiary/aromatic N) is 2. The molecular formula is C11H17N3. The van der Waals surface area contributed by atoms with E-state index in [1.807, 2.05) is 12.1 Å². The third kappa shape index (κ3) is 2.04. The summed E-state index contributed by atoms with van der Waals surface area (Å²) in [5.41, 5.74) is 7.44. The largest absolute Gasteiger partial charge is 0.397 e. The van der Waals surface area contributed by atoms with Gasteiger partial charge in [-0.2, -0.15) is 0 Å². The van der Waals surface area contributed by atoms with Crippen LogP contribution in [0.5, 0.6) is 0 Å². The smallest absolute Gasteiger partial charge is 0.0545 e. The van der Waals surface area contributed by atoms with E-state index in [4.69, 9.17) is 5.73 Å². The fraction of sp³-hybridized carbons (Fsp3) is 0.545. The van der Waals surface area contributed by atoms with Crippen molar-refractivity contribution in [3.05, 3.63) is 24.0 Å². The van der Waals surface area contributed by atoms with E-state index in [1.54, 1.807) is 6.20 Å². The van der Waals surface area contributed by atoms with E-state index >= 15 is 0 Å². The predicted octanol–water partition coefficient (Wildman–Crippen LogP) is 1.65. The Labute approximate surface area is 84.9 Å². The van der Waals surface area contributed by atoms with Crippen LogP contribution in [0.25, 0.3) is 0 Å². The second-order valence-electron chi connectivity index (χ2n) is 4.04. The molecular weight excluding hydrogens is 174 g/mol. The number of likely N-dealkylation sites (tertiary alicyclic amines) is 1. The van der Waals surface area contributed by atoms with Gasteiger partial charge < -0.3 is 5.73 Å². The highest BCUT2D eigenvalue weighted by Gasteiger charge is 2.20. The van der Waals surface area contributed by atoms with Gasteiger partial charge in [0.25, 0.3) is 0 Å². The Bertz CT molecular complexity index is 294. The molecule has 0 radical (unpaired) electrons. The summed E-state index contributed by atoms with van der Waals surface area (Å²) < 4.78 is 0. The van der Waals surface area contributed by atoms with Gasteiger partial charge in [0.05, 0.1) is 17.6 Å². The van der Waals surface area contributed by atoms with Crippen LogP contribution in [0.1, 0.15) is 25.5 Å². The van der Waals surface area contributed by atoms with Gasteiger partial charge in [-0.25, -0.2) is 0 Å². The summed E-state index contributed by atoms with van der Waals surface area (Å²) in [4.78, 5) is 6.78. The highest BCUT2D eigenvalue weighted by Crippen LogP contribution is 2.18. The monoisotopic (exact) mass is 191 g/mol. The Morgan fingerprint density at radius 2 is 2.43 bits per heavy atom. The molecule has 14 heavy (non-hydrogen) atoms. The van der Waals surface area contributed by atoms with Crippen molar-refractivity contribution in [2.75, 3.05) is 12.3 Å². The first-order chi connectivity index (χ1) is 6.75. The van der Waals surface area contributed by atoms with E-state index < -0.39 is 0 Å². The minimum absolute atomic E-state index is 0.703. The molecule has 76 valence electrons. The van der Waals surface area contributed by atoms with Crippen LogP contribution in [-0.4, -0.2) is 22.5 Å². The number of anilines is 1. The van der Waals surface area contributed by atoms with Crippen LogP contribution in [0.4, 0.5) is 5.69 Å². The first kappa shape index (κ1) is 9.46. The molecule has 3 nitrogen and oxygen atoms in total. The molecule has 1 unspecified atom stereocenters. The Morgan fingerprint density at radius 3 is 3.00 bits per heavy atom. The summed E-state index contributed by atoms with van der Waals surface area (Å²) in [5.74, 6) is 0. The van der Waals surface area contributed by atoms with Crippen LogP contribution in [0.2, 0.25) is 0 Å². The molecule has 0 aromatic carbocycles. The summed E-state index contributed by atoms with van der Waals surface area (Å²) in [6.45, 7) is 4.44. The van der Waals surface area contributed by atoms with Gasteiger partial charge in [-0.3, -0.25) is 9.88 Å². The van der Waals surface area contributed by atoms with Gasteiger partial charge in [-0.1, -0.05) is 0 Å². The Balaban J connectivity index is 2.00. The minimum atomic E-state index is 0.703. The SMILES string of the molecule is CC1CCCN1Cc1ccc(N)cn1. The van der Waals surface area contributed by atoms with Gasteiger partial charge in [0.1, 0.15) is 0 Å². The molecule has 1 fully saturated rings. The molecule has 1 aliphatic heterocycles. The molecule has 1 saturated heterocycles. The van der Waals surface area contributed by atoms with Crippen molar-refractivity contribution >= 4 is 5.69 Å². The van der Waals surface area contributed by atoms with Gasteiger partial charge in [0.15, 0.2) is 0 Å². The lowest BCUT2D eigenvalue weighted by atomic mass is 10.2. The number of nitrogens with two attached hydrogens (primary N) is 1. The zero-order valence-corrected chi connectivity index (χ0v) is 8.61. The Kier molecular flexibility index (Phi) is 2.68.